The predicted octanol–water partition coefficient (Wildman–Crippen LogP) is 3.50. The Morgan fingerprint density at radius 1 is 0.833 bits per heavy atom. The van der Waals surface area contributed by atoms with Gasteiger partial charge in [-0.05, 0) is 49.4 Å². The molecule has 4 atom stereocenters. The Bertz CT molecular complexity index is 262. The smallest absolute Gasteiger partial charge is 0.0573 e. The fourth-order valence-corrected chi connectivity index (χ4v) is 4.29. The van der Waals surface area contributed by atoms with Gasteiger partial charge in [-0.1, -0.05) is 39.5 Å². The summed E-state index contributed by atoms with van der Waals surface area (Å²) >= 11 is 0. The van der Waals surface area contributed by atoms with Gasteiger partial charge in [0.05, 0.1) is 12.2 Å². The molecule has 2 heteroatoms. The van der Waals surface area contributed by atoms with Crippen LogP contribution in [0.1, 0.15) is 71.6 Å². The van der Waals surface area contributed by atoms with Crippen LogP contribution < -0.4 is 0 Å². The van der Waals surface area contributed by atoms with Crippen LogP contribution in [0.2, 0.25) is 0 Å². The SMILES string of the molecule is CC(C)(C1CCCCC(O)C1)C1CCCCC1O. The fraction of sp³-hybridized carbons (Fsp3) is 1.00. The van der Waals surface area contributed by atoms with E-state index in [-0.39, 0.29) is 17.6 Å². The molecule has 2 fully saturated rings. The second-order valence-corrected chi connectivity index (χ2v) is 7.15. The first-order valence-corrected chi connectivity index (χ1v) is 7.88. The van der Waals surface area contributed by atoms with E-state index in [1.165, 1.54) is 38.5 Å². The first kappa shape index (κ1) is 14.3. The molecule has 0 heterocycles. The van der Waals surface area contributed by atoms with Gasteiger partial charge in [0.15, 0.2) is 0 Å². The van der Waals surface area contributed by atoms with Crippen molar-refractivity contribution in [1.82, 2.24) is 0 Å². The van der Waals surface area contributed by atoms with E-state index in [0.29, 0.717) is 11.8 Å². The largest absolute Gasteiger partial charge is 0.393 e. The Labute approximate surface area is 112 Å². The molecule has 0 saturated heterocycles. The molecule has 2 N–H and O–H groups in total. The van der Waals surface area contributed by atoms with Crippen LogP contribution in [-0.4, -0.2) is 22.4 Å². The van der Waals surface area contributed by atoms with Gasteiger partial charge in [0, 0.05) is 0 Å². The number of aliphatic hydroxyl groups is 2. The zero-order chi connectivity index (χ0) is 13.2. The maximum Gasteiger partial charge on any atom is 0.0573 e. The van der Waals surface area contributed by atoms with Crippen LogP contribution >= 0.6 is 0 Å². The fourth-order valence-electron chi connectivity index (χ4n) is 4.29. The van der Waals surface area contributed by atoms with Crippen molar-refractivity contribution in [2.75, 3.05) is 0 Å². The maximum atomic E-state index is 10.3. The highest BCUT2D eigenvalue weighted by Crippen LogP contribution is 2.47. The quantitative estimate of drug-likeness (QED) is 0.740. The first-order valence-electron chi connectivity index (χ1n) is 7.88. The van der Waals surface area contributed by atoms with E-state index in [2.05, 4.69) is 13.8 Å². The van der Waals surface area contributed by atoms with Crippen LogP contribution in [0, 0.1) is 17.3 Å². The topological polar surface area (TPSA) is 40.5 Å². The van der Waals surface area contributed by atoms with Crippen LogP contribution in [0.15, 0.2) is 0 Å². The standard InChI is InChI=1S/C16H30O2/c1-16(2,14-9-5-6-10-15(14)18)12-7-3-4-8-13(17)11-12/h12-15,17-18H,3-11H2,1-2H3. The molecule has 4 unspecified atom stereocenters. The summed E-state index contributed by atoms with van der Waals surface area (Å²) in [5.74, 6) is 1.01. The molecule has 0 bridgehead atoms. The van der Waals surface area contributed by atoms with E-state index in [9.17, 15) is 10.2 Å². The molecule has 0 aliphatic heterocycles. The van der Waals surface area contributed by atoms with Gasteiger partial charge in [-0.25, -0.2) is 0 Å². The second-order valence-electron chi connectivity index (χ2n) is 7.15. The minimum absolute atomic E-state index is 0.113. The van der Waals surface area contributed by atoms with Gasteiger partial charge < -0.3 is 10.2 Å². The average molecular weight is 254 g/mol. The van der Waals surface area contributed by atoms with Crippen molar-refractivity contribution >= 4 is 0 Å². The van der Waals surface area contributed by atoms with Crippen LogP contribution in [0.5, 0.6) is 0 Å². The molecule has 0 aromatic rings. The van der Waals surface area contributed by atoms with Crippen molar-refractivity contribution in [3.63, 3.8) is 0 Å². The third-order valence-corrected chi connectivity index (χ3v) is 5.63. The Morgan fingerprint density at radius 3 is 2.17 bits per heavy atom. The zero-order valence-corrected chi connectivity index (χ0v) is 12.1. The van der Waals surface area contributed by atoms with Crippen molar-refractivity contribution in [2.24, 2.45) is 17.3 Å². The van der Waals surface area contributed by atoms with E-state index in [1.807, 2.05) is 0 Å². The van der Waals surface area contributed by atoms with Crippen LogP contribution in [-0.2, 0) is 0 Å². The molecular formula is C16H30O2. The highest BCUT2D eigenvalue weighted by Gasteiger charge is 2.42. The molecule has 18 heavy (non-hydrogen) atoms. The normalized spacial score (nSPS) is 39.3. The Kier molecular flexibility index (Phi) is 4.71. The van der Waals surface area contributed by atoms with E-state index in [4.69, 9.17) is 0 Å². The summed E-state index contributed by atoms with van der Waals surface area (Å²) in [6.07, 6.45) is 9.91. The van der Waals surface area contributed by atoms with Gasteiger partial charge in [-0.3, -0.25) is 0 Å². The highest BCUT2D eigenvalue weighted by molar-refractivity contribution is 4.92. The molecule has 0 radical (unpaired) electrons. The van der Waals surface area contributed by atoms with Crippen LogP contribution in [0.4, 0.5) is 0 Å². The lowest BCUT2D eigenvalue weighted by atomic mass is 9.61. The minimum atomic E-state index is -0.117. The highest BCUT2D eigenvalue weighted by atomic mass is 16.3. The third-order valence-electron chi connectivity index (χ3n) is 5.63. The number of aliphatic hydroxyl groups excluding tert-OH is 2. The van der Waals surface area contributed by atoms with E-state index in [1.54, 1.807) is 0 Å². The van der Waals surface area contributed by atoms with Gasteiger partial charge >= 0.3 is 0 Å². The molecule has 0 aromatic heterocycles. The molecule has 0 spiro atoms. The molecule has 2 aliphatic rings. The summed E-state index contributed by atoms with van der Waals surface area (Å²) in [7, 11) is 0. The molecule has 106 valence electrons. The van der Waals surface area contributed by atoms with Gasteiger partial charge in [0.25, 0.3) is 0 Å². The third kappa shape index (κ3) is 3.08. The van der Waals surface area contributed by atoms with Crippen LogP contribution in [0.3, 0.4) is 0 Å². The molecule has 2 rings (SSSR count). The number of rotatable bonds is 2. The average Bonchev–Trinajstić information content (AvgIpc) is 2.54. The van der Waals surface area contributed by atoms with Gasteiger partial charge in [-0.15, -0.1) is 0 Å². The van der Waals surface area contributed by atoms with E-state index in [0.717, 1.165) is 19.3 Å². The molecular weight excluding hydrogens is 224 g/mol. The molecule has 2 saturated carbocycles. The summed E-state index contributed by atoms with van der Waals surface area (Å²) in [5, 5.41) is 20.3. The second kappa shape index (κ2) is 5.92. The lowest BCUT2D eigenvalue weighted by Crippen LogP contribution is -2.42. The van der Waals surface area contributed by atoms with Gasteiger partial charge in [0.2, 0.25) is 0 Å². The maximum absolute atomic E-state index is 10.3. The summed E-state index contributed by atoms with van der Waals surface area (Å²) in [4.78, 5) is 0. The van der Waals surface area contributed by atoms with Crippen LogP contribution in [0.25, 0.3) is 0 Å². The lowest BCUT2D eigenvalue weighted by molar-refractivity contribution is -0.0371. The van der Waals surface area contributed by atoms with Crippen molar-refractivity contribution < 1.29 is 10.2 Å². The first-order chi connectivity index (χ1) is 8.51. The van der Waals surface area contributed by atoms with Gasteiger partial charge in [0.1, 0.15) is 0 Å². The summed E-state index contributed by atoms with van der Waals surface area (Å²) in [5.41, 5.74) is 0.172. The Hall–Kier alpha value is -0.0800. The molecule has 0 amide bonds. The van der Waals surface area contributed by atoms with Gasteiger partial charge in [-0.2, -0.15) is 0 Å². The number of hydrogen-bond donors (Lipinski definition) is 2. The van der Waals surface area contributed by atoms with E-state index >= 15 is 0 Å². The molecule has 2 aliphatic carbocycles. The summed E-state index contributed by atoms with van der Waals surface area (Å²) < 4.78 is 0. The lowest BCUT2D eigenvalue weighted by Gasteiger charge is -2.45. The Morgan fingerprint density at radius 2 is 1.44 bits per heavy atom. The monoisotopic (exact) mass is 254 g/mol. The molecule has 0 aromatic carbocycles. The zero-order valence-electron chi connectivity index (χ0n) is 12.1. The summed E-state index contributed by atoms with van der Waals surface area (Å²) in [6, 6.07) is 0. The minimum Gasteiger partial charge on any atom is -0.393 e. The molecule has 2 nitrogen and oxygen atoms in total. The number of hydrogen-bond acceptors (Lipinski definition) is 2. The van der Waals surface area contributed by atoms with Crippen molar-refractivity contribution in [3.05, 3.63) is 0 Å². The predicted molar refractivity (Wildman–Crippen MR) is 74.3 cm³/mol. The van der Waals surface area contributed by atoms with Crippen molar-refractivity contribution in [2.45, 2.75) is 83.8 Å². The summed E-state index contributed by atoms with van der Waals surface area (Å²) in [6.45, 7) is 4.66. The Balaban J connectivity index is 2.07. The van der Waals surface area contributed by atoms with Crippen molar-refractivity contribution in [3.8, 4) is 0 Å². The van der Waals surface area contributed by atoms with E-state index < -0.39 is 0 Å². The van der Waals surface area contributed by atoms with Crippen molar-refractivity contribution in [1.29, 1.82) is 0 Å².